The molecular weight excluding hydrogens is 243 g/mol. The lowest BCUT2D eigenvalue weighted by molar-refractivity contribution is -0.140. The van der Waals surface area contributed by atoms with Gasteiger partial charge in [-0.1, -0.05) is 0 Å². The van der Waals surface area contributed by atoms with Gasteiger partial charge in [-0.15, -0.1) is 6.42 Å². The number of hydrogen-bond donors (Lipinski definition) is 0. The second kappa shape index (κ2) is 4.84. The molecule has 1 saturated heterocycles. The fraction of sp³-hybridized carbons (Fsp3) is 0.500. The summed E-state index contributed by atoms with van der Waals surface area (Å²) in [7, 11) is 0. The number of alkyl halides is 3. The molecule has 0 aromatic carbocycles. The lowest BCUT2D eigenvalue weighted by Gasteiger charge is -2.29. The van der Waals surface area contributed by atoms with Crippen molar-refractivity contribution in [3.8, 4) is 12.3 Å². The third-order valence-electron chi connectivity index (χ3n) is 2.83. The second-order valence-corrected chi connectivity index (χ2v) is 4.12. The minimum absolute atomic E-state index is 0.0944. The Bertz CT molecular complexity index is 470. The number of halogens is 3. The summed E-state index contributed by atoms with van der Waals surface area (Å²) in [4.78, 5) is 8.94. The summed E-state index contributed by atoms with van der Waals surface area (Å²) in [6.07, 6.45) is 4.51. The minimum Gasteiger partial charge on any atom is -0.355 e. The normalized spacial score (nSPS) is 16.4. The molecule has 1 aromatic rings. The third kappa shape index (κ3) is 2.55. The van der Waals surface area contributed by atoms with Crippen LogP contribution in [0.1, 0.15) is 30.7 Å². The van der Waals surface area contributed by atoms with Gasteiger partial charge in [0.05, 0.1) is 6.20 Å². The van der Waals surface area contributed by atoms with Gasteiger partial charge in [-0.2, -0.15) is 13.2 Å². The molecule has 2 rings (SSSR count). The first-order valence-electron chi connectivity index (χ1n) is 5.68. The van der Waals surface area contributed by atoms with E-state index in [1.807, 2.05) is 0 Å². The molecule has 3 nitrogen and oxygen atoms in total. The first kappa shape index (κ1) is 12.7. The van der Waals surface area contributed by atoms with Crippen molar-refractivity contribution < 1.29 is 13.2 Å². The van der Waals surface area contributed by atoms with Crippen molar-refractivity contribution >= 4 is 5.82 Å². The van der Waals surface area contributed by atoms with Gasteiger partial charge in [-0.3, -0.25) is 0 Å². The van der Waals surface area contributed by atoms with Gasteiger partial charge < -0.3 is 4.90 Å². The Hall–Kier alpha value is -1.77. The van der Waals surface area contributed by atoms with E-state index in [-0.39, 0.29) is 11.5 Å². The zero-order valence-corrected chi connectivity index (χ0v) is 9.67. The molecule has 0 N–H and O–H groups in total. The van der Waals surface area contributed by atoms with E-state index in [2.05, 4.69) is 15.9 Å². The van der Waals surface area contributed by atoms with Crippen LogP contribution in [-0.4, -0.2) is 23.1 Å². The highest BCUT2D eigenvalue weighted by molar-refractivity contribution is 5.46. The van der Waals surface area contributed by atoms with Crippen LogP contribution < -0.4 is 4.90 Å². The maximum Gasteiger partial charge on any atom is 0.437 e. The van der Waals surface area contributed by atoms with E-state index in [0.717, 1.165) is 19.3 Å². The first-order chi connectivity index (χ1) is 8.52. The van der Waals surface area contributed by atoms with Crippen molar-refractivity contribution in [3.05, 3.63) is 17.6 Å². The van der Waals surface area contributed by atoms with Crippen molar-refractivity contribution in [1.29, 1.82) is 0 Å². The number of anilines is 1. The fourth-order valence-electron chi connectivity index (χ4n) is 1.98. The van der Waals surface area contributed by atoms with Crippen LogP contribution in [0.25, 0.3) is 0 Å². The van der Waals surface area contributed by atoms with Gasteiger partial charge in [0.2, 0.25) is 0 Å². The molecule has 6 heteroatoms. The van der Waals surface area contributed by atoms with Crippen molar-refractivity contribution in [2.24, 2.45) is 0 Å². The predicted molar refractivity (Wildman–Crippen MR) is 61.0 cm³/mol. The Morgan fingerprint density at radius 1 is 1.22 bits per heavy atom. The van der Waals surface area contributed by atoms with Crippen molar-refractivity contribution in [2.45, 2.75) is 25.4 Å². The Kier molecular flexibility index (Phi) is 3.41. The van der Waals surface area contributed by atoms with Crippen molar-refractivity contribution in [3.63, 3.8) is 0 Å². The number of piperidine rings is 1. The average Bonchev–Trinajstić information content (AvgIpc) is 2.38. The van der Waals surface area contributed by atoms with Crippen molar-refractivity contribution in [2.75, 3.05) is 18.0 Å². The summed E-state index contributed by atoms with van der Waals surface area (Å²) in [6.45, 7) is 1.15. The summed E-state index contributed by atoms with van der Waals surface area (Å²) in [5.74, 6) is 1.97. The molecule has 2 heterocycles. The number of aromatic nitrogens is 2. The molecule has 0 bridgehead atoms. The largest absolute Gasteiger partial charge is 0.437 e. The molecule has 0 radical (unpaired) electrons. The second-order valence-electron chi connectivity index (χ2n) is 4.12. The Morgan fingerprint density at radius 2 is 1.89 bits per heavy atom. The number of rotatable bonds is 1. The van der Waals surface area contributed by atoms with E-state index in [1.165, 1.54) is 6.20 Å². The summed E-state index contributed by atoms with van der Waals surface area (Å²) in [6, 6.07) is 0. The van der Waals surface area contributed by atoms with E-state index in [9.17, 15) is 13.2 Å². The Labute approximate surface area is 103 Å². The van der Waals surface area contributed by atoms with E-state index < -0.39 is 11.9 Å². The lowest BCUT2D eigenvalue weighted by Crippen LogP contribution is -2.32. The average molecular weight is 255 g/mol. The van der Waals surface area contributed by atoms with Crippen LogP contribution in [0.4, 0.5) is 19.0 Å². The molecule has 0 unspecified atom stereocenters. The Balaban J connectivity index is 2.42. The monoisotopic (exact) mass is 255 g/mol. The molecule has 0 aliphatic carbocycles. The van der Waals surface area contributed by atoms with E-state index in [4.69, 9.17) is 6.42 Å². The lowest BCUT2D eigenvalue weighted by atomic mass is 10.1. The number of nitrogens with zero attached hydrogens (tertiary/aromatic N) is 3. The molecule has 1 fully saturated rings. The SMILES string of the molecule is C#Cc1cnc(N2CCCCC2)c(C(F)(F)F)n1. The van der Waals surface area contributed by atoms with Gasteiger partial charge in [0.25, 0.3) is 0 Å². The van der Waals surface area contributed by atoms with Crippen LogP contribution in [0.15, 0.2) is 6.20 Å². The van der Waals surface area contributed by atoms with Gasteiger partial charge in [-0.05, 0) is 25.2 Å². The smallest absolute Gasteiger partial charge is 0.355 e. The van der Waals surface area contributed by atoms with E-state index in [1.54, 1.807) is 4.90 Å². The third-order valence-corrected chi connectivity index (χ3v) is 2.83. The quantitative estimate of drug-likeness (QED) is 0.722. The number of terminal acetylenes is 1. The highest BCUT2D eigenvalue weighted by Crippen LogP contribution is 2.34. The van der Waals surface area contributed by atoms with Crippen LogP contribution in [0.5, 0.6) is 0 Å². The standard InChI is InChI=1S/C12H12F3N3/c1-2-9-8-16-11(10(17-9)12(13,14)15)18-6-4-3-5-7-18/h1,8H,3-7H2. The Morgan fingerprint density at radius 3 is 2.44 bits per heavy atom. The van der Waals surface area contributed by atoms with Crippen LogP contribution in [0.3, 0.4) is 0 Å². The number of hydrogen-bond acceptors (Lipinski definition) is 3. The maximum atomic E-state index is 12.9. The molecule has 1 aliphatic heterocycles. The summed E-state index contributed by atoms with van der Waals surface area (Å²) < 4.78 is 38.8. The van der Waals surface area contributed by atoms with Gasteiger partial charge in [0, 0.05) is 13.1 Å². The van der Waals surface area contributed by atoms with Gasteiger partial charge in [0.15, 0.2) is 11.5 Å². The molecule has 1 aromatic heterocycles. The maximum absolute atomic E-state index is 12.9. The van der Waals surface area contributed by atoms with Gasteiger partial charge in [0.1, 0.15) is 5.69 Å². The van der Waals surface area contributed by atoms with Crippen LogP contribution >= 0.6 is 0 Å². The zero-order chi connectivity index (χ0) is 13.2. The molecule has 18 heavy (non-hydrogen) atoms. The van der Waals surface area contributed by atoms with E-state index >= 15 is 0 Å². The van der Waals surface area contributed by atoms with Gasteiger partial charge in [-0.25, -0.2) is 9.97 Å². The summed E-state index contributed by atoms with van der Waals surface area (Å²) >= 11 is 0. The molecule has 0 saturated carbocycles. The molecule has 0 amide bonds. The van der Waals surface area contributed by atoms with Crippen molar-refractivity contribution in [1.82, 2.24) is 9.97 Å². The van der Waals surface area contributed by atoms with Crippen LogP contribution in [0.2, 0.25) is 0 Å². The highest BCUT2D eigenvalue weighted by Gasteiger charge is 2.38. The van der Waals surface area contributed by atoms with Crippen LogP contribution in [-0.2, 0) is 6.18 Å². The predicted octanol–water partition coefficient (Wildman–Crippen LogP) is 2.47. The summed E-state index contributed by atoms with van der Waals surface area (Å²) in [5.41, 5.74) is -1.08. The van der Waals surface area contributed by atoms with Gasteiger partial charge >= 0.3 is 6.18 Å². The highest BCUT2D eigenvalue weighted by atomic mass is 19.4. The van der Waals surface area contributed by atoms with E-state index in [0.29, 0.717) is 13.1 Å². The fourth-order valence-corrected chi connectivity index (χ4v) is 1.98. The topological polar surface area (TPSA) is 29.0 Å². The first-order valence-corrected chi connectivity index (χ1v) is 5.68. The molecule has 96 valence electrons. The molecule has 0 atom stereocenters. The van der Waals surface area contributed by atoms with Crippen LogP contribution in [0, 0.1) is 12.3 Å². The molecular formula is C12H12F3N3. The molecule has 0 spiro atoms. The molecule has 1 aliphatic rings. The summed E-state index contributed by atoms with van der Waals surface area (Å²) in [5, 5.41) is 0. The zero-order valence-electron chi connectivity index (χ0n) is 9.67. The minimum atomic E-state index is -4.54.